The van der Waals surface area contributed by atoms with Gasteiger partial charge in [0.25, 0.3) is 5.91 Å². The van der Waals surface area contributed by atoms with E-state index in [-0.39, 0.29) is 49.2 Å². The van der Waals surface area contributed by atoms with E-state index in [4.69, 9.17) is 0 Å². The van der Waals surface area contributed by atoms with Crippen molar-refractivity contribution in [3.05, 3.63) is 87.8 Å². The fourth-order valence-corrected chi connectivity index (χ4v) is 4.74. The Morgan fingerprint density at radius 1 is 1.00 bits per heavy atom. The lowest BCUT2D eigenvalue weighted by molar-refractivity contribution is -0.143. The lowest BCUT2D eigenvalue weighted by atomic mass is 9.96. The minimum atomic E-state index is -5.02. The predicted molar refractivity (Wildman–Crippen MR) is 139 cm³/mol. The third-order valence-electron chi connectivity index (χ3n) is 7.03. The molecule has 13 heteroatoms. The maximum absolute atomic E-state index is 13.6. The summed E-state index contributed by atoms with van der Waals surface area (Å²) >= 11 is 0. The van der Waals surface area contributed by atoms with E-state index >= 15 is 0 Å². The van der Waals surface area contributed by atoms with Gasteiger partial charge in [-0.15, -0.1) is 0 Å². The molecule has 0 N–H and O–H groups in total. The lowest BCUT2D eigenvalue weighted by Crippen LogP contribution is -2.57. The van der Waals surface area contributed by atoms with Crippen LogP contribution in [-0.2, 0) is 23.7 Å². The zero-order valence-corrected chi connectivity index (χ0v) is 22.1. The first-order valence-corrected chi connectivity index (χ1v) is 12.5. The summed E-state index contributed by atoms with van der Waals surface area (Å²) < 4.78 is 79.2. The molecule has 0 unspecified atom stereocenters. The number of halogens is 6. The van der Waals surface area contributed by atoms with Crippen LogP contribution in [0.15, 0.2) is 54.7 Å². The van der Waals surface area contributed by atoms with Crippen molar-refractivity contribution in [1.82, 2.24) is 19.4 Å². The van der Waals surface area contributed by atoms with Crippen molar-refractivity contribution < 1.29 is 35.9 Å². The number of pyridine rings is 1. The monoisotopic (exact) mass is 580 g/mol. The number of nitrogens with zero attached hydrogens (tertiary/aromatic N) is 4. The normalized spacial score (nSPS) is 15.5. The first-order chi connectivity index (χ1) is 19.1. The molecule has 0 radical (unpaired) electrons. The third-order valence-corrected chi connectivity index (χ3v) is 7.03. The highest BCUT2D eigenvalue weighted by Gasteiger charge is 2.37. The molecule has 7 nitrogen and oxygen atoms in total. The van der Waals surface area contributed by atoms with E-state index in [1.165, 1.54) is 24.2 Å². The number of hydrogen-bond acceptors (Lipinski definition) is 4. The standard InChI is InChI=1S/C28H26F6N4O3/c1-18-5-3-4-6-22(18)23-14-25(38(41)9-7-37(17-39)8-10-38)35-15-24(23)26(40)36(2)16-19-11-20(27(29,30)31)13-21(12-19)28(32,33)34/h3-6,11-15,17H,7-10,16H2,1-2H3. The largest absolute Gasteiger partial charge is 0.626 e. The van der Waals surface area contributed by atoms with E-state index in [9.17, 15) is 41.1 Å². The molecule has 1 aromatic heterocycles. The summed E-state index contributed by atoms with van der Waals surface area (Å²) in [5.74, 6) is -0.600. The van der Waals surface area contributed by atoms with E-state index in [0.29, 0.717) is 29.7 Å². The smallest absolute Gasteiger partial charge is 0.416 e. The minimum absolute atomic E-state index is 0.0201. The molecule has 0 aliphatic carbocycles. The second-order valence-corrected chi connectivity index (χ2v) is 9.96. The van der Waals surface area contributed by atoms with Gasteiger partial charge < -0.3 is 19.7 Å². The Labute approximate surface area is 231 Å². The maximum Gasteiger partial charge on any atom is 0.416 e. The SMILES string of the molecule is Cc1ccccc1-c1cc([N+]2([O-])CCN(C=O)CC2)ncc1C(=O)N(C)Cc1cc(C(F)(F)F)cc(C(F)(F)F)c1. The fourth-order valence-electron chi connectivity index (χ4n) is 4.74. The predicted octanol–water partition coefficient (Wildman–Crippen LogP) is 5.64. The van der Waals surface area contributed by atoms with Crippen molar-refractivity contribution in [2.24, 2.45) is 0 Å². The van der Waals surface area contributed by atoms with Crippen molar-refractivity contribution in [3.63, 3.8) is 0 Å². The van der Waals surface area contributed by atoms with Crippen LogP contribution < -0.4 is 4.65 Å². The summed E-state index contributed by atoms with van der Waals surface area (Å²) in [7, 11) is 1.26. The number of aryl methyl sites for hydroxylation is 1. The molecule has 0 saturated carbocycles. The summed E-state index contributed by atoms with van der Waals surface area (Å²) in [6, 6.07) is 9.69. The molecule has 1 fully saturated rings. The van der Waals surface area contributed by atoms with Crippen LogP contribution >= 0.6 is 0 Å². The summed E-state index contributed by atoms with van der Waals surface area (Å²) in [6.07, 6.45) is -8.18. The number of piperazine rings is 1. The summed E-state index contributed by atoms with van der Waals surface area (Å²) in [6.45, 7) is 1.76. The number of hydroxylamine groups is 2. The van der Waals surface area contributed by atoms with Crippen LogP contribution in [0, 0.1) is 12.1 Å². The van der Waals surface area contributed by atoms with Crippen LogP contribution in [0.5, 0.6) is 0 Å². The average Bonchev–Trinajstić information content (AvgIpc) is 2.92. The third kappa shape index (κ3) is 6.51. The molecule has 1 saturated heterocycles. The molecule has 2 aromatic carbocycles. The Morgan fingerprint density at radius 3 is 2.12 bits per heavy atom. The number of carbonyl (C=O) groups is 2. The van der Waals surface area contributed by atoms with Crippen molar-refractivity contribution in [2.45, 2.75) is 25.8 Å². The lowest BCUT2D eigenvalue weighted by Gasteiger charge is -2.46. The van der Waals surface area contributed by atoms with E-state index in [1.807, 2.05) is 0 Å². The molecule has 218 valence electrons. The zero-order chi connectivity index (χ0) is 30.2. The number of rotatable bonds is 6. The molecule has 4 rings (SSSR count). The van der Waals surface area contributed by atoms with Crippen LogP contribution in [-0.4, -0.2) is 60.3 Å². The Balaban J connectivity index is 1.72. The number of hydrogen-bond donors (Lipinski definition) is 0. The molecule has 1 aliphatic rings. The molecule has 1 aliphatic heterocycles. The van der Waals surface area contributed by atoms with Crippen LogP contribution in [0.4, 0.5) is 32.2 Å². The van der Waals surface area contributed by atoms with Gasteiger partial charge in [0.05, 0.1) is 29.8 Å². The van der Waals surface area contributed by atoms with Gasteiger partial charge in [0.1, 0.15) is 13.1 Å². The number of benzene rings is 2. The van der Waals surface area contributed by atoms with Crippen molar-refractivity contribution in [1.29, 1.82) is 0 Å². The Morgan fingerprint density at radius 2 is 1.59 bits per heavy atom. The molecule has 0 bridgehead atoms. The molecule has 0 atom stereocenters. The Bertz CT molecular complexity index is 1420. The van der Waals surface area contributed by atoms with Crippen molar-refractivity contribution in [2.75, 3.05) is 33.2 Å². The van der Waals surface area contributed by atoms with Gasteiger partial charge in [0.15, 0.2) is 0 Å². The van der Waals surface area contributed by atoms with Crippen LogP contribution in [0.2, 0.25) is 0 Å². The summed E-state index contributed by atoms with van der Waals surface area (Å²) in [5, 5.41) is 13.6. The van der Waals surface area contributed by atoms with Crippen molar-refractivity contribution >= 4 is 18.1 Å². The molecular weight excluding hydrogens is 554 g/mol. The van der Waals surface area contributed by atoms with Crippen LogP contribution in [0.3, 0.4) is 0 Å². The first kappa shape index (κ1) is 30.0. The minimum Gasteiger partial charge on any atom is -0.626 e. The number of aromatic nitrogens is 1. The van der Waals surface area contributed by atoms with E-state index < -0.39 is 40.6 Å². The molecule has 2 amide bonds. The highest BCUT2D eigenvalue weighted by atomic mass is 19.4. The second-order valence-electron chi connectivity index (χ2n) is 9.96. The topological polar surface area (TPSA) is 76.6 Å². The zero-order valence-electron chi connectivity index (χ0n) is 22.1. The van der Waals surface area contributed by atoms with Gasteiger partial charge in [0, 0.05) is 31.4 Å². The van der Waals surface area contributed by atoms with E-state index in [0.717, 1.165) is 10.5 Å². The van der Waals surface area contributed by atoms with Crippen molar-refractivity contribution in [3.8, 4) is 11.1 Å². The van der Waals surface area contributed by atoms with Gasteiger partial charge in [-0.05, 0) is 41.8 Å². The molecule has 0 spiro atoms. The summed E-state index contributed by atoms with van der Waals surface area (Å²) in [5.41, 5.74) is -1.59. The average molecular weight is 581 g/mol. The van der Waals surface area contributed by atoms with Gasteiger partial charge in [-0.3, -0.25) is 9.59 Å². The molecular formula is C28H26F6N4O3. The van der Waals surface area contributed by atoms with E-state index in [1.54, 1.807) is 31.2 Å². The second kappa shape index (κ2) is 11.1. The fraction of sp³-hybridized carbons (Fsp3) is 0.321. The Kier molecular flexibility index (Phi) is 8.14. The van der Waals surface area contributed by atoms with Gasteiger partial charge >= 0.3 is 12.4 Å². The number of alkyl halides is 6. The quantitative estimate of drug-likeness (QED) is 0.164. The molecule has 41 heavy (non-hydrogen) atoms. The summed E-state index contributed by atoms with van der Waals surface area (Å²) in [4.78, 5) is 31.4. The first-order valence-electron chi connectivity index (χ1n) is 12.5. The molecule has 2 heterocycles. The highest BCUT2D eigenvalue weighted by molar-refractivity contribution is 6.01. The van der Waals surface area contributed by atoms with Crippen LogP contribution in [0.1, 0.15) is 32.6 Å². The van der Waals surface area contributed by atoms with Gasteiger partial charge in [-0.1, -0.05) is 24.3 Å². The van der Waals surface area contributed by atoms with Crippen LogP contribution in [0.25, 0.3) is 11.1 Å². The van der Waals surface area contributed by atoms with Gasteiger partial charge in [0.2, 0.25) is 12.2 Å². The van der Waals surface area contributed by atoms with Gasteiger partial charge in [-0.25, -0.2) is 4.98 Å². The number of amides is 2. The number of carbonyl (C=O) groups excluding carboxylic acids is 2. The van der Waals surface area contributed by atoms with Gasteiger partial charge in [-0.2, -0.15) is 26.3 Å². The maximum atomic E-state index is 13.6. The van der Waals surface area contributed by atoms with E-state index in [2.05, 4.69) is 4.98 Å². The Hall–Kier alpha value is -3.97. The molecule has 3 aromatic rings. The number of quaternary nitrogens is 1. The highest BCUT2D eigenvalue weighted by Crippen LogP contribution is 2.37.